The molecule has 1 aliphatic rings. The molecule has 10 heteroatoms. The number of carbonyl (C=O) groups excluding carboxylic acids is 1. The monoisotopic (exact) mass is 592 g/mol. The van der Waals surface area contributed by atoms with Gasteiger partial charge in [0.15, 0.2) is 0 Å². The fourth-order valence-corrected chi connectivity index (χ4v) is 4.07. The molecule has 0 radical (unpaired) electrons. The van der Waals surface area contributed by atoms with Gasteiger partial charge in [-0.2, -0.15) is 0 Å². The topological polar surface area (TPSA) is 122 Å². The smallest absolute Gasteiger partial charge is 0.407 e. The van der Waals surface area contributed by atoms with Gasteiger partial charge in [-0.05, 0) is 62.0 Å². The van der Waals surface area contributed by atoms with Gasteiger partial charge in [-0.3, -0.25) is 4.79 Å². The molecular weight excluding hydrogens is 544 g/mol. The summed E-state index contributed by atoms with van der Waals surface area (Å²) in [5.41, 5.74) is 10.4. The minimum atomic E-state index is -0.602. The Morgan fingerprint density at radius 2 is 1.85 bits per heavy atom. The predicted molar refractivity (Wildman–Crippen MR) is 166 cm³/mol. The highest BCUT2D eigenvalue weighted by Crippen LogP contribution is 2.23. The van der Waals surface area contributed by atoms with Crippen LogP contribution in [0.4, 0.5) is 4.79 Å². The molecular formula is C31H49ClN4O5. The molecule has 0 unspecified atom stereocenters. The van der Waals surface area contributed by atoms with E-state index in [2.05, 4.69) is 27.7 Å². The lowest BCUT2D eigenvalue weighted by molar-refractivity contribution is -0.142. The molecule has 0 atom stereocenters. The number of hydrazine groups is 1. The molecule has 0 aliphatic heterocycles. The molecule has 230 valence electrons. The molecule has 0 saturated heterocycles. The molecule has 1 aromatic heterocycles. The minimum Gasteiger partial charge on any atom is -0.497 e. The van der Waals surface area contributed by atoms with Crippen molar-refractivity contribution in [3.8, 4) is 0 Å². The number of carboxylic acids is 1. The number of rotatable bonds is 12. The van der Waals surface area contributed by atoms with Crippen molar-refractivity contribution in [2.24, 2.45) is 5.92 Å². The fourth-order valence-electron chi connectivity index (χ4n) is 3.90. The number of amides is 1. The molecule has 0 aromatic carbocycles. The van der Waals surface area contributed by atoms with Crippen molar-refractivity contribution in [3.05, 3.63) is 76.0 Å². The maximum Gasteiger partial charge on any atom is 0.407 e. The van der Waals surface area contributed by atoms with Crippen molar-refractivity contribution in [1.82, 2.24) is 21.2 Å². The maximum atomic E-state index is 12.1. The highest BCUT2D eigenvalue weighted by Gasteiger charge is 2.19. The van der Waals surface area contributed by atoms with E-state index in [4.69, 9.17) is 26.2 Å². The van der Waals surface area contributed by atoms with Crippen LogP contribution in [0.5, 0.6) is 0 Å². The quantitative estimate of drug-likeness (QED) is 0.0879. The number of carboxylic acid groups (broad SMARTS) is 1. The van der Waals surface area contributed by atoms with Crippen molar-refractivity contribution in [2.45, 2.75) is 79.8 Å². The summed E-state index contributed by atoms with van der Waals surface area (Å²) in [6.45, 7) is 14.1. The van der Waals surface area contributed by atoms with Crippen LogP contribution in [0, 0.1) is 5.92 Å². The van der Waals surface area contributed by atoms with E-state index in [1.54, 1.807) is 32.5 Å². The molecule has 1 heterocycles. The van der Waals surface area contributed by atoms with Crippen molar-refractivity contribution in [2.75, 3.05) is 20.7 Å². The first-order valence-corrected chi connectivity index (χ1v) is 14.5. The first-order valence-electron chi connectivity index (χ1n) is 14.1. The second-order valence-electron chi connectivity index (χ2n) is 9.13. The fraction of sp³-hybridized carbons (Fsp3) is 0.516. The van der Waals surface area contributed by atoms with Crippen LogP contribution in [0.1, 0.15) is 78.7 Å². The SMILES string of the molecule is C=C(C)\C(=C/C=C(C)/C(NNC)=C(/CC)CNC(=O)OCc1cccnc1Cl)OC.CC.O=C(O)C1CCCCC1. The van der Waals surface area contributed by atoms with Crippen LogP contribution in [0.2, 0.25) is 5.15 Å². The Hall–Kier alpha value is -3.30. The van der Waals surface area contributed by atoms with Crippen LogP contribution in [-0.2, 0) is 20.9 Å². The van der Waals surface area contributed by atoms with Crippen molar-refractivity contribution in [3.63, 3.8) is 0 Å². The van der Waals surface area contributed by atoms with Crippen LogP contribution < -0.4 is 16.2 Å². The highest BCUT2D eigenvalue weighted by molar-refractivity contribution is 6.30. The van der Waals surface area contributed by atoms with Gasteiger partial charge >= 0.3 is 12.1 Å². The number of pyridine rings is 1. The third kappa shape index (κ3) is 15.3. The Labute approximate surface area is 251 Å². The van der Waals surface area contributed by atoms with Gasteiger partial charge in [0, 0.05) is 25.4 Å². The molecule has 2 rings (SSSR count). The summed E-state index contributed by atoms with van der Waals surface area (Å²) in [7, 11) is 3.39. The van der Waals surface area contributed by atoms with Gasteiger partial charge in [-0.15, -0.1) is 0 Å². The number of nitrogens with zero attached hydrogens (tertiary/aromatic N) is 1. The number of nitrogens with one attached hydrogen (secondary N) is 3. The number of halogens is 1. The summed E-state index contributed by atoms with van der Waals surface area (Å²) in [4.78, 5) is 26.4. The lowest BCUT2D eigenvalue weighted by atomic mass is 9.90. The van der Waals surface area contributed by atoms with Gasteiger partial charge in [0.05, 0.1) is 18.7 Å². The molecule has 1 amide bonds. The van der Waals surface area contributed by atoms with Gasteiger partial charge in [-0.1, -0.05) is 70.4 Å². The van der Waals surface area contributed by atoms with Crippen molar-refractivity contribution < 1.29 is 24.2 Å². The van der Waals surface area contributed by atoms with Gasteiger partial charge in [0.25, 0.3) is 0 Å². The second kappa shape index (κ2) is 22.4. The summed E-state index contributed by atoms with van der Waals surface area (Å²) in [5, 5.41) is 11.6. The number of ether oxygens (including phenoxy) is 2. The standard InChI is InChI=1S/C22H31ClN4O3.C7H12O2.C2H6/c1-7-17(13-26-22(28)30-14-18-9-8-12-25-21(18)23)20(27-24-5)16(4)10-11-19(29-6)15(2)3;8-7(9)6-4-2-1-3-5-6;1-2/h8-12,24,27H,2,7,13-14H2,1,3-6H3,(H,26,28);6H,1-5H2,(H,8,9);1-2H3/b16-10+,19-11+,20-17+;;. The van der Waals surface area contributed by atoms with Gasteiger partial charge in [0.1, 0.15) is 17.5 Å². The van der Waals surface area contributed by atoms with Crippen LogP contribution >= 0.6 is 11.6 Å². The van der Waals surface area contributed by atoms with E-state index in [0.717, 1.165) is 54.5 Å². The first-order chi connectivity index (χ1) is 19.6. The van der Waals surface area contributed by atoms with E-state index in [-0.39, 0.29) is 12.5 Å². The van der Waals surface area contributed by atoms with E-state index in [1.165, 1.54) is 6.42 Å². The molecule has 41 heavy (non-hydrogen) atoms. The van der Waals surface area contributed by atoms with Crippen molar-refractivity contribution >= 4 is 23.7 Å². The maximum absolute atomic E-state index is 12.1. The number of aliphatic carboxylic acids is 1. The summed E-state index contributed by atoms with van der Waals surface area (Å²) in [5.74, 6) is 0.0698. The lowest BCUT2D eigenvalue weighted by Gasteiger charge is -2.17. The number of hydrogen-bond acceptors (Lipinski definition) is 7. The third-order valence-electron chi connectivity index (χ3n) is 6.15. The normalized spacial score (nSPS) is 14.2. The number of hydrogen-bond donors (Lipinski definition) is 4. The van der Waals surface area contributed by atoms with E-state index in [1.807, 2.05) is 46.8 Å². The van der Waals surface area contributed by atoms with Crippen LogP contribution in [0.3, 0.4) is 0 Å². The number of alkyl carbamates (subject to hydrolysis) is 1. The van der Waals surface area contributed by atoms with Crippen LogP contribution in [0.25, 0.3) is 0 Å². The van der Waals surface area contributed by atoms with Gasteiger partial charge < -0.3 is 25.3 Å². The molecule has 0 spiro atoms. The number of methoxy groups -OCH3 is 1. The summed E-state index contributed by atoms with van der Waals surface area (Å²) < 4.78 is 10.6. The molecule has 1 fully saturated rings. The zero-order valence-corrected chi connectivity index (χ0v) is 26.5. The third-order valence-corrected chi connectivity index (χ3v) is 6.49. The van der Waals surface area contributed by atoms with E-state index in [9.17, 15) is 9.59 Å². The first kappa shape index (κ1) is 37.7. The Kier molecular flexibility index (Phi) is 20.6. The van der Waals surface area contributed by atoms with Crippen molar-refractivity contribution in [1.29, 1.82) is 0 Å². The van der Waals surface area contributed by atoms with E-state index < -0.39 is 12.1 Å². The Morgan fingerprint density at radius 1 is 1.20 bits per heavy atom. The largest absolute Gasteiger partial charge is 0.497 e. The molecule has 1 aliphatic carbocycles. The summed E-state index contributed by atoms with van der Waals surface area (Å²) in [6, 6.07) is 3.50. The van der Waals surface area contributed by atoms with Crippen LogP contribution in [-0.4, -0.2) is 42.9 Å². The highest BCUT2D eigenvalue weighted by atomic mass is 35.5. The average molecular weight is 593 g/mol. The summed E-state index contributed by atoms with van der Waals surface area (Å²) >= 11 is 5.98. The van der Waals surface area contributed by atoms with Crippen LogP contribution in [0.15, 0.2) is 65.2 Å². The molecule has 4 N–H and O–H groups in total. The number of carbonyl (C=O) groups is 2. The van der Waals surface area contributed by atoms with E-state index >= 15 is 0 Å². The Balaban J connectivity index is 0.00000121. The molecule has 1 saturated carbocycles. The zero-order valence-electron chi connectivity index (χ0n) is 25.7. The Bertz CT molecular complexity index is 1050. The number of allylic oxidation sites excluding steroid dienone is 4. The molecule has 1 aromatic rings. The lowest BCUT2D eigenvalue weighted by Crippen LogP contribution is -2.32. The zero-order chi connectivity index (χ0) is 31.2. The van der Waals surface area contributed by atoms with E-state index in [0.29, 0.717) is 23.0 Å². The van der Waals surface area contributed by atoms with Gasteiger partial charge in [0.2, 0.25) is 0 Å². The number of aromatic nitrogens is 1. The molecule has 0 bridgehead atoms. The molecule has 9 nitrogen and oxygen atoms in total. The summed E-state index contributed by atoms with van der Waals surface area (Å²) in [6.07, 6.45) is 10.8. The Morgan fingerprint density at radius 3 is 2.34 bits per heavy atom. The predicted octanol–water partition coefficient (Wildman–Crippen LogP) is 7.08. The minimum absolute atomic E-state index is 0.0289. The second-order valence-corrected chi connectivity index (χ2v) is 9.49. The van der Waals surface area contributed by atoms with Gasteiger partial charge in [-0.25, -0.2) is 15.2 Å². The average Bonchev–Trinajstić information content (AvgIpc) is 2.98.